The van der Waals surface area contributed by atoms with E-state index in [4.69, 9.17) is 5.73 Å². The molecule has 204 valence electrons. The van der Waals surface area contributed by atoms with E-state index >= 15 is 0 Å². The molecule has 0 radical (unpaired) electrons. The number of piperidine rings is 1. The maximum atomic E-state index is 13.9. The summed E-state index contributed by atoms with van der Waals surface area (Å²) in [6.07, 6.45) is 0.799. The van der Waals surface area contributed by atoms with E-state index in [1.165, 1.54) is 24.3 Å². The molecule has 6 nitrogen and oxygen atoms in total. The molecule has 3 unspecified atom stereocenters. The molecule has 2 heterocycles. The normalized spacial score (nSPS) is 24.6. The van der Waals surface area contributed by atoms with Crippen LogP contribution >= 0.6 is 15.9 Å². The zero-order valence-corrected chi connectivity index (χ0v) is 22.4. The molecule has 2 bridgehead atoms. The lowest BCUT2D eigenvalue weighted by Crippen LogP contribution is -2.57. The third kappa shape index (κ3) is 5.86. The van der Waals surface area contributed by atoms with Crippen molar-refractivity contribution in [2.24, 2.45) is 5.73 Å². The number of ether oxygens (including phenoxy) is 1. The van der Waals surface area contributed by atoms with Gasteiger partial charge >= 0.3 is 6.36 Å². The summed E-state index contributed by atoms with van der Waals surface area (Å²) < 4.78 is 42.6. The first-order valence-corrected chi connectivity index (χ1v) is 13.8. The molecule has 0 spiro atoms. The Kier molecular flexibility index (Phi) is 7.48. The summed E-state index contributed by atoms with van der Waals surface area (Å²) in [6, 6.07) is 12.9. The Morgan fingerprint density at radius 2 is 1.66 bits per heavy atom. The van der Waals surface area contributed by atoms with Crippen molar-refractivity contribution in [1.29, 1.82) is 0 Å². The van der Waals surface area contributed by atoms with Crippen LogP contribution in [0.25, 0.3) is 0 Å². The second-order valence-electron chi connectivity index (χ2n) is 10.7. The maximum absolute atomic E-state index is 13.9. The van der Waals surface area contributed by atoms with Crippen LogP contribution in [0.3, 0.4) is 0 Å². The van der Waals surface area contributed by atoms with Crippen LogP contribution in [-0.2, 0) is 21.4 Å². The Morgan fingerprint density at radius 3 is 2.21 bits per heavy atom. The number of rotatable bonds is 8. The van der Waals surface area contributed by atoms with Gasteiger partial charge in [0.05, 0.1) is 5.41 Å². The lowest BCUT2D eigenvalue weighted by atomic mass is 9.93. The minimum atomic E-state index is -4.78. The summed E-state index contributed by atoms with van der Waals surface area (Å²) in [7, 11) is 0. The zero-order chi connectivity index (χ0) is 27.1. The van der Waals surface area contributed by atoms with Gasteiger partial charge in [0.2, 0.25) is 11.8 Å². The Labute approximate surface area is 228 Å². The van der Waals surface area contributed by atoms with Crippen molar-refractivity contribution in [2.75, 3.05) is 0 Å². The lowest BCUT2D eigenvalue weighted by Gasteiger charge is -2.40. The average Bonchev–Trinajstić information content (AvgIpc) is 3.62. The van der Waals surface area contributed by atoms with Gasteiger partial charge in [-0.2, -0.15) is 0 Å². The predicted molar refractivity (Wildman–Crippen MR) is 139 cm³/mol. The quantitative estimate of drug-likeness (QED) is 0.452. The molecule has 1 aliphatic carbocycles. The highest BCUT2D eigenvalue weighted by atomic mass is 79.9. The molecule has 2 amide bonds. The summed E-state index contributed by atoms with van der Waals surface area (Å²) in [5, 5.41) is 3.05. The standard InChI is InChI=1S/C28H31BrF3N3O3/c29-19-6-1-17(2-7-19)3-12-24(25(36)35-21-8-9-22(35)16-20(33)15-21)34-26(37)27(13-14-27)18-4-10-23(11-5-18)38-28(30,31)32/h1-2,4-7,10-11,20-22,24H,3,8-9,12-16,33H2,(H,34,37). The Hall–Kier alpha value is -2.59. The van der Waals surface area contributed by atoms with E-state index in [1.807, 2.05) is 29.2 Å². The molecule has 5 rings (SSSR count). The number of alkyl halides is 3. The molecule has 2 aromatic rings. The van der Waals surface area contributed by atoms with Crippen molar-refractivity contribution in [2.45, 2.75) is 87.3 Å². The molecule has 3 aliphatic rings. The first-order valence-electron chi connectivity index (χ1n) is 13.0. The molecular weight excluding hydrogens is 563 g/mol. The van der Waals surface area contributed by atoms with Crippen molar-refractivity contribution in [1.82, 2.24) is 10.2 Å². The van der Waals surface area contributed by atoms with Crippen LogP contribution < -0.4 is 15.8 Å². The van der Waals surface area contributed by atoms with Crippen LogP contribution in [0.15, 0.2) is 53.0 Å². The number of halogens is 4. The fraction of sp³-hybridized carbons (Fsp3) is 0.500. The van der Waals surface area contributed by atoms with Crippen LogP contribution in [0.4, 0.5) is 13.2 Å². The number of aryl methyl sites for hydroxylation is 1. The third-order valence-corrected chi connectivity index (χ3v) is 8.62. The Balaban J connectivity index is 1.33. The van der Waals surface area contributed by atoms with E-state index in [2.05, 4.69) is 26.0 Å². The highest BCUT2D eigenvalue weighted by Crippen LogP contribution is 2.49. The predicted octanol–water partition coefficient (Wildman–Crippen LogP) is 4.98. The van der Waals surface area contributed by atoms with E-state index in [0.29, 0.717) is 31.2 Å². The SMILES string of the molecule is NC1CC2CCC(C1)N2C(=O)C(CCc1ccc(Br)cc1)NC(=O)C1(c2ccc(OC(F)(F)F)cc2)CC1. The summed E-state index contributed by atoms with van der Waals surface area (Å²) in [4.78, 5) is 29.4. The van der Waals surface area contributed by atoms with Crippen LogP contribution in [0, 0.1) is 0 Å². The molecule has 2 aromatic carbocycles. The number of nitrogens with two attached hydrogens (primary N) is 1. The molecule has 10 heteroatoms. The highest BCUT2D eigenvalue weighted by Gasteiger charge is 2.53. The topological polar surface area (TPSA) is 84.7 Å². The summed E-state index contributed by atoms with van der Waals surface area (Å²) >= 11 is 3.44. The summed E-state index contributed by atoms with van der Waals surface area (Å²) in [6.45, 7) is 0. The first kappa shape index (κ1) is 27.0. The number of nitrogens with zero attached hydrogens (tertiary/aromatic N) is 1. The third-order valence-electron chi connectivity index (χ3n) is 8.09. The molecule has 2 saturated heterocycles. The van der Waals surface area contributed by atoms with Gasteiger partial charge in [-0.1, -0.05) is 40.2 Å². The van der Waals surface area contributed by atoms with E-state index in [-0.39, 0.29) is 35.7 Å². The van der Waals surface area contributed by atoms with Crippen molar-refractivity contribution < 1.29 is 27.5 Å². The van der Waals surface area contributed by atoms with Crippen LogP contribution in [0.1, 0.15) is 56.1 Å². The lowest BCUT2D eigenvalue weighted by molar-refractivity contribution is -0.274. The number of nitrogens with one attached hydrogen (secondary N) is 1. The fourth-order valence-corrected chi connectivity index (χ4v) is 6.29. The minimum absolute atomic E-state index is 0.0698. The van der Waals surface area contributed by atoms with Gasteiger partial charge in [-0.05, 0) is 86.8 Å². The van der Waals surface area contributed by atoms with Gasteiger partial charge in [-0.25, -0.2) is 0 Å². The number of carbonyl (C=O) groups is 2. The number of carbonyl (C=O) groups excluding carboxylic acids is 2. The van der Waals surface area contributed by atoms with Gasteiger partial charge in [-0.3, -0.25) is 9.59 Å². The first-order chi connectivity index (χ1) is 18.0. The van der Waals surface area contributed by atoms with Crippen molar-refractivity contribution in [3.05, 3.63) is 64.1 Å². The van der Waals surface area contributed by atoms with Gasteiger partial charge in [-0.15, -0.1) is 13.2 Å². The maximum Gasteiger partial charge on any atom is 0.573 e. The van der Waals surface area contributed by atoms with Crippen LogP contribution in [0.2, 0.25) is 0 Å². The molecule has 3 fully saturated rings. The van der Waals surface area contributed by atoms with Gasteiger partial charge in [0.1, 0.15) is 11.8 Å². The largest absolute Gasteiger partial charge is 0.573 e. The second kappa shape index (κ2) is 10.5. The average molecular weight is 594 g/mol. The zero-order valence-electron chi connectivity index (χ0n) is 20.8. The van der Waals surface area contributed by atoms with Crippen LogP contribution in [-0.4, -0.2) is 47.2 Å². The van der Waals surface area contributed by atoms with Gasteiger partial charge in [0, 0.05) is 22.6 Å². The molecule has 3 atom stereocenters. The smallest absolute Gasteiger partial charge is 0.406 e. The molecule has 2 aliphatic heterocycles. The molecule has 0 aromatic heterocycles. The monoisotopic (exact) mass is 593 g/mol. The van der Waals surface area contributed by atoms with E-state index in [0.717, 1.165) is 35.7 Å². The summed E-state index contributed by atoms with van der Waals surface area (Å²) in [5.74, 6) is -0.671. The number of amides is 2. The Morgan fingerprint density at radius 1 is 1.05 bits per heavy atom. The second-order valence-corrected chi connectivity index (χ2v) is 11.6. The number of benzene rings is 2. The van der Waals surface area contributed by atoms with Gasteiger partial charge < -0.3 is 20.7 Å². The number of hydrogen-bond acceptors (Lipinski definition) is 4. The molecule has 3 N–H and O–H groups in total. The molecular formula is C28H31BrF3N3O3. The van der Waals surface area contributed by atoms with Gasteiger partial charge in [0.15, 0.2) is 0 Å². The van der Waals surface area contributed by atoms with E-state index < -0.39 is 17.8 Å². The summed E-state index contributed by atoms with van der Waals surface area (Å²) in [5.41, 5.74) is 7.04. The van der Waals surface area contributed by atoms with E-state index in [1.54, 1.807) is 0 Å². The van der Waals surface area contributed by atoms with Gasteiger partial charge in [0.25, 0.3) is 0 Å². The molecule has 1 saturated carbocycles. The fourth-order valence-electron chi connectivity index (χ4n) is 6.02. The van der Waals surface area contributed by atoms with Crippen molar-refractivity contribution in [3.8, 4) is 5.75 Å². The minimum Gasteiger partial charge on any atom is -0.406 e. The van der Waals surface area contributed by atoms with Crippen molar-refractivity contribution >= 4 is 27.7 Å². The van der Waals surface area contributed by atoms with E-state index in [9.17, 15) is 22.8 Å². The highest BCUT2D eigenvalue weighted by molar-refractivity contribution is 9.10. The number of hydrogen-bond donors (Lipinski definition) is 2. The van der Waals surface area contributed by atoms with Crippen LogP contribution in [0.5, 0.6) is 5.75 Å². The molecule has 38 heavy (non-hydrogen) atoms. The van der Waals surface area contributed by atoms with Crippen molar-refractivity contribution in [3.63, 3.8) is 0 Å². The Bertz CT molecular complexity index is 1150. The number of fused-ring (bicyclic) bond motifs is 2.